The molecule has 0 aromatic heterocycles. The summed E-state index contributed by atoms with van der Waals surface area (Å²) in [6, 6.07) is 13.2. The Morgan fingerprint density at radius 2 is 1.56 bits per heavy atom. The van der Waals surface area contributed by atoms with Crippen molar-refractivity contribution in [1.29, 1.82) is 0 Å². The van der Waals surface area contributed by atoms with Gasteiger partial charge in [0.15, 0.2) is 9.84 Å². The van der Waals surface area contributed by atoms with Crippen LogP contribution in [0.25, 0.3) is 11.1 Å². The predicted octanol–water partition coefficient (Wildman–Crippen LogP) is 3.16. The van der Waals surface area contributed by atoms with Gasteiger partial charge in [-0.15, -0.1) is 0 Å². The molecule has 1 aliphatic rings. The molecule has 1 fully saturated rings. The Morgan fingerprint density at radius 1 is 1.00 bits per heavy atom. The third-order valence-electron chi connectivity index (χ3n) is 4.89. The third-order valence-corrected chi connectivity index (χ3v) is 7.49. The Kier molecular flexibility index (Phi) is 4.64. The van der Waals surface area contributed by atoms with E-state index in [1.165, 1.54) is 12.1 Å². The van der Waals surface area contributed by atoms with Crippen molar-refractivity contribution in [1.82, 2.24) is 0 Å². The van der Waals surface area contributed by atoms with E-state index in [9.17, 15) is 17.6 Å². The Labute approximate surface area is 146 Å². The number of hydrogen-bond donors (Lipinski definition) is 1. The maximum absolute atomic E-state index is 13.1. The van der Waals surface area contributed by atoms with E-state index in [0.29, 0.717) is 18.4 Å². The fourth-order valence-corrected chi connectivity index (χ4v) is 5.86. The lowest BCUT2D eigenvalue weighted by molar-refractivity contribution is -0.118. The molecule has 2 N–H and O–H groups in total. The Morgan fingerprint density at radius 3 is 2.08 bits per heavy atom. The number of primary amides is 1. The van der Waals surface area contributed by atoms with Gasteiger partial charge < -0.3 is 5.73 Å². The molecule has 4 nitrogen and oxygen atoms in total. The molecule has 1 saturated heterocycles. The van der Waals surface area contributed by atoms with Crippen LogP contribution in [-0.4, -0.2) is 20.1 Å². The summed E-state index contributed by atoms with van der Waals surface area (Å²) in [5, 5.41) is 0. The molecular formula is C19H20FNO3S. The van der Waals surface area contributed by atoms with Gasteiger partial charge in [0.2, 0.25) is 5.91 Å². The first-order chi connectivity index (χ1) is 11.8. The molecule has 1 amide bonds. The second-order valence-electron chi connectivity index (χ2n) is 6.50. The van der Waals surface area contributed by atoms with Crippen molar-refractivity contribution in [2.24, 2.45) is 5.73 Å². The Bertz CT molecular complexity index is 876. The average Bonchev–Trinajstić information content (AvgIpc) is 2.57. The van der Waals surface area contributed by atoms with Crippen molar-refractivity contribution in [3.8, 4) is 11.1 Å². The van der Waals surface area contributed by atoms with Gasteiger partial charge in [-0.2, -0.15) is 0 Å². The SMILES string of the molecule is NC(=O)CC1(c2ccc(-c3ccc(F)cc3)cc2)CCCCS1(=O)=O. The van der Waals surface area contributed by atoms with Gasteiger partial charge in [0.1, 0.15) is 10.6 Å². The maximum Gasteiger partial charge on any atom is 0.219 e. The van der Waals surface area contributed by atoms with Crippen LogP contribution in [0, 0.1) is 5.82 Å². The normalized spacial score (nSPS) is 22.4. The smallest absolute Gasteiger partial charge is 0.219 e. The number of amides is 1. The van der Waals surface area contributed by atoms with E-state index in [-0.39, 0.29) is 18.0 Å². The minimum absolute atomic E-state index is 0.0694. The summed E-state index contributed by atoms with van der Waals surface area (Å²) >= 11 is 0. The number of hydrogen-bond acceptors (Lipinski definition) is 3. The minimum atomic E-state index is -3.47. The summed E-state index contributed by atoms with van der Waals surface area (Å²) < 4.78 is 37.4. The van der Waals surface area contributed by atoms with E-state index in [1.807, 2.05) is 0 Å². The number of nitrogens with two attached hydrogens (primary N) is 1. The van der Waals surface area contributed by atoms with E-state index in [1.54, 1.807) is 36.4 Å². The first-order valence-electron chi connectivity index (χ1n) is 8.21. The standard InChI is InChI=1S/C19H20FNO3S/c20-17-9-5-15(6-10-17)14-3-7-16(8-4-14)19(13-18(21)22)11-1-2-12-25(19,23)24/h3-10H,1-2,11-13H2,(H2,21,22). The lowest BCUT2D eigenvalue weighted by atomic mass is 9.87. The minimum Gasteiger partial charge on any atom is -0.370 e. The average molecular weight is 361 g/mol. The maximum atomic E-state index is 13.1. The molecule has 0 aliphatic carbocycles. The van der Waals surface area contributed by atoms with Gasteiger partial charge in [-0.1, -0.05) is 42.8 Å². The number of rotatable bonds is 4. The van der Waals surface area contributed by atoms with E-state index < -0.39 is 20.5 Å². The first kappa shape index (κ1) is 17.6. The zero-order valence-corrected chi connectivity index (χ0v) is 14.6. The van der Waals surface area contributed by atoms with Crippen LogP contribution in [0.5, 0.6) is 0 Å². The van der Waals surface area contributed by atoms with Crippen molar-refractivity contribution >= 4 is 15.7 Å². The summed E-state index contributed by atoms with van der Waals surface area (Å²) in [6.45, 7) is 0. The molecule has 1 atom stereocenters. The fourth-order valence-electron chi connectivity index (χ4n) is 3.57. The molecule has 2 aromatic rings. The van der Waals surface area contributed by atoms with Crippen LogP contribution in [0.15, 0.2) is 48.5 Å². The van der Waals surface area contributed by atoms with Crippen LogP contribution in [0.4, 0.5) is 4.39 Å². The summed E-state index contributed by atoms with van der Waals surface area (Å²) in [4.78, 5) is 11.6. The topological polar surface area (TPSA) is 77.2 Å². The highest BCUT2D eigenvalue weighted by Gasteiger charge is 2.47. The Hall–Kier alpha value is -2.21. The monoisotopic (exact) mass is 361 g/mol. The van der Waals surface area contributed by atoms with E-state index in [4.69, 9.17) is 5.73 Å². The molecular weight excluding hydrogens is 341 g/mol. The molecule has 0 saturated carbocycles. The molecule has 132 valence electrons. The lowest BCUT2D eigenvalue weighted by Gasteiger charge is -2.36. The first-order valence-corrected chi connectivity index (χ1v) is 9.86. The van der Waals surface area contributed by atoms with Gasteiger partial charge in [-0.05, 0) is 41.7 Å². The number of benzene rings is 2. The molecule has 25 heavy (non-hydrogen) atoms. The van der Waals surface area contributed by atoms with E-state index >= 15 is 0 Å². The highest BCUT2D eigenvalue weighted by atomic mass is 32.2. The largest absolute Gasteiger partial charge is 0.370 e. The van der Waals surface area contributed by atoms with E-state index in [2.05, 4.69) is 0 Å². The van der Waals surface area contributed by atoms with Crippen molar-refractivity contribution in [2.45, 2.75) is 30.4 Å². The van der Waals surface area contributed by atoms with Gasteiger partial charge in [0.05, 0.1) is 12.2 Å². The quantitative estimate of drug-likeness (QED) is 0.909. The van der Waals surface area contributed by atoms with Crippen LogP contribution < -0.4 is 5.73 Å². The second kappa shape index (κ2) is 6.59. The zero-order valence-electron chi connectivity index (χ0n) is 13.7. The van der Waals surface area contributed by atoms with Crippen molar-refractivity contribution in [2.75, 3.05) is 5.75 Å². The molecule has 0 radical (unpaired) electrons. The molecule has 1 heterocycles. The third kappa shape index (κ3) is 3.31. The summed E-state index contributed by atoms with van der Waals surface area (Å²) in [7, 11) is -3.47. The molecule has 3 rings (SSSR count). The summed E-state index contributed by atoms with van der Waals surface area (Å²) in [6.07, 6.45) is 1.54. The molecule has 1 aliphatic heterocycles. The molecule has 0 bridgehead atoms. The highest BCUT2D eigenvalue weighted by Crippen LogP contribution is 2.43. The van der Waals surface area contributed by atoms with Crippen molar-refractivity contribution in [3.05, 3.63) is 59.9 Å². The predicted molar refractivity (Wildman–Crippen MR) is 95.0 cm³/mol. The van der Waals surface area contributed by atoms with Gasteiger partial charge in [0.25, 0.3) is 0 Å². The number of carbonyl (C=O) groups is 1. The summed E-state index contributed by atoms with van der Waals surface area (Å²) in [5.74, 6) is -0.859. The molecule has 0 spiro atoms. The summed E-state index contributed by atoms with van der Waals surface area (Å²) in [5.41, 5.74) is 7.65. The number of sulfone groups is 1. The Balaban J connectivity index is 2.02. The molecule has 6 heteroatoms. The highest BCUT2D eigenvalue weighted by molar-refractivity contribution is 7.92. The van der Waals surface area contributed by atoms with Crippen LogP contribution in [-0.2, 0) is 19.4 Å². The van der Waals surface area contributed by atoms with Gasteiger partial charge in [-0.25, -0.2) is 12.8 Å². The zero-order chi connectivity index (χ0) is 18.1. The van der Waals surface area contributed by atoms with Crippen LogP contribution >= 0.6 is 0 Å². The van der Waals surface area contributed by atoms with Crippen molar-refractivity contribution < 1.29 is 17.6 Å². The number of halogens is 1. The fraction of sp³-hybridized carbons (Fsp3) is 0.316. The van der Waals surface area contributed by atoms with E-state index in [0.717, 1.165) is 17.5 Å². The van der Waals surface area contributed by atoms with Gasteiger partial charge in [0, 0.05) is 0 Å². The number of carbonyl (C=O) groups excluding carboxylic acids is 1. The van der Waals surface area contributed by atoms with Crippen molar-refractivity contribution in [3.63, 3.8) is 0 Å². The lowest BCUT2D eigenvalue weighted by Crippen LogP contribution is -2.43. The van der Waals surface area contributed by atoms with Crippen LogP contribution in [0.2, 0.25) is 0 Å². The second-order valence-corrected chi connectivity index (χ2v) is 8.92. The van der Waals surface area contributed by atoms with Gasteiger partial charge >= 0.3 is 0 Å². The molecule has 1 unspecified atom stereocenters. The van der Waals surface area contributed by atoms with Gasteiger partial charge in [-0.3, -0.25) is 4.79 Å². The molecule has 2 aromatic carbocycles. The van der Waals surface area contributed by atoms with Crippen LogP contribution in [0.1, 0.15) is 31.2 Å². The van der Waals surface area contributed by atoms with Crippen LogP contribution in [0.3, 0.4) is 0 Å².